The molecule has 1 aliphatic rings. The molecular formula is C19H17F3N4O5. The Balaban J connectivity index is 1.86. The predicted octanol–water partition coefficient (Wildman–Crippen LogP) is 0.297. The minimum atomic E-state index is -4.69. The topological polar surface area (TPSA) is 141 Å². The average Bonchev–Trinajstić information content (AvgIpc) is 2.73. The number of nitrogens with zero attached hydrogens (tertiary/aromatic N) is 3. The van der Waals surface area contributed by atoms with Gasteiger partial charge >= 0.3 is 6.18 Å². The maximum absolute atomic E-state index is 12.9. The lowest BCUT2D eigenvalue weighted by molar-refractivity contribution is -0.195. The molecule has 0 aromatic carbocycles. The monoisotopic (exact) mass is 438 g/mol. The van der Waals surface area contributed by atoms with Gasteiger partial charge in [0.25, 0.3) is 5.91 Å². The summed E-state index contributed by atoms with van der Waals surface area (Å²) in [6.45, 7) is 1.49. The molecule has 1 amide bonds. The summed E-state index contributed by atoms with van der Waals surface area (Å²) in [6.07, 6.45) is -10.9. The van der Waals surface area contributed by atoms with Crippen molar-refractivity contribution in [1.29, 1.82) is 0 Å². The van der Waals surface area contributed by atoms with Gasteiger partial charge in [-0.05, 0) is 31.0 Å². The third kappa shape index (κ3) is 5.26. The first-order valence-corrected chi connectivity index (χ1v) is 8.94. The zero-order chi connectivity index (χ0) is 22.8. The van der Waals surface area contributed by atoms with Gasteiger partial charge in [-0.25, -0.2) is 4.98 Å². The van der Waals surface area contributed by atoms with Crippen LogP contribution in [0.1, 0.15) is 28.8 Å². The Morgan fingerprint density at radius 2 is 1.94 bits per heavy atom. The van der Waals surface area contributed by atoms with Crippen molar-refractivity contribution in [1.82, 2.24) is 15.2 Å². The van der Waals surface area contributed by atoms with Crippen molar-refractivity contribution in [3.05, 3.63) is 47.4 Å². The van der Waals surface area contributed by atoms with Crippen LogP contribution in [0.15, 0.2) is 30.3 Å². The maximum atomic E-state index is 12.9. The molecule has 1 saturated heterocycles. The number of nitrogens with two attached hydrogens (primary N) is 1. The zero-order valence-electron chi connectivity index (χ0n) is 15.9. The molecule has 3 heterocycles. The van der Waals surface area contributed by atoms with Crippen molar-refractivity contribution in [3.63, 3.8) is 0 Å². The number of primary amides is 1. The highest BCUT2D eigenvalue weighted by Gasteiger charge is 2.44. The number of aliphatic hydroxyl groups is 2. The lowest BCUT2D eigenvalue weighted by Crippen LogP contribution is -2.58. The van der Waals surface area contributed by atoms with Gasteiger partial charge in [-0.2, -0.15) is 13.2 Å². The summed E-state index contributed by atoms with van der Waals surface area (Å²) in [4.78, 5) is 14.4. The van der Waals surface area contributed by atoms with Crippen molar-refractivity contribution < 1.29 is 37.7 Å². The molecule has 31 heavy (non-hydrogen) atoms. The van der Waals surface area contributed by atoms with Crippen molar-refractivity contribution in [2.24, 2.45) is 5.73 Å². The molecule has 1 aliphatic heterocycles. The molecule has 0 bridgehead atoms. The van der Waals surface area contributed by atoms with Gasteiger partial charge in [-0.15, -0.1) is 10.2 Å². The number of rotatable bonds is 3. The number of aromatic nitrogens is 3. The predicted molar refractivity (Wildman–Crippen MR) is 97.4 cm³/mol. The second-order valence-electron chi connectivity index (χ2n) is 6.62. The van der Waals surface area contributed by atoms with Gasteiger partial charge in [-0.3, -0.25) is 4.79 Å². The Morgan fingerprint density at radius 3 is 2.55 bits per heavy atom. The molecule has 0 aliphatic carbocycles. The molecule has 2 aromatic heterocycles. The van der Waals surface area contributed by atoms with Crippen LogP contribution in [0.5, 0.6) is 5.88 Å². The van der Waals surface area contributed by atoms with Crippen LogP contribution in [0.3, 0.4) is 0 Å². The second-order valence-corrected chi connectivity index (χ2v) is 6.62. The van der Waals surface area contributed by atoms with E-state index in [4.69, 9.17) is 15.2 Å². The first-order chi connectivity index (χ1) is 14.6. The number of amides is 1. The van der Waals surface area contributed by atoms with Crippen LogP contribution in [0.4, 0.5) is 13.2 Å². The van der Waals surface area contributed by atoms with Crippen LogP contribution in [-0.4, -0.2) is 61.8 Å². The summed E-state index contributed by atoms with van der Waals surface area (Å²) in [7, 11) is 0. The van der Waals surface area contributed by atoms with E-state index in [0.29, 0.717) is 0 Å². The third-order valence-electron chi connectivity index (χ3n) is 4.36. The van der Waals surface area contributed by atoms with Crippen molar-refractivity contribution in [2.75, 3.05) is 0 Å². The van der Waals surface area contributed by atoms with Gasteiger partial charge in [0.1, 0.15) is 23.6 Å². The third-order valence-corrected chi connectivity index (χ3v) is 4.36. The second kappa shape index (κ2) is 8.84. The van der Waals surface area contributed by atoms with Crippen LogP contribution in [0.25, 0.3) is 0 Å². The molecular weight excluding hydrogens is 421 g/mol. The Bertz CT molecular complexity index is 1010. The Kier molecular flexibility index (Phi) is 6.40. The van der Waals surface area contributed by atoms with Gasteiger partial charge in [0.2, 0.25) is 5.88 Å². The van der Waals surface area contributed by atoms with Gasteiger partial charge in [0.05, 0.1) is 6.10 Å². The van der Waals surface area contributed by atoms with Gasteiger partial charge < -0.3 is 25.4 Å². The number of pyridine rings is 1. The molecule has 9 nitrogen and oxygen atoms in total. The highest BCUT2D eigenvalue weighted by Crippen LogP contribution is 2.30. The molecule has 0 saturated carbocycles. The summed E-state index contributed by atoms with van der Waals surface area (Å²) >= 11 is 0. The van der Waals surface area contributed by atoms with Crippen LogP contribution >= 0.6 is 0 Å². The van der Waals surface area contributed by atoms with E-state index in [0.717, 1.165) is 12.1 Å². The summed E-state index contributed by atoms with van der Waals surface area (Å²) in [5.41, 5.74) is 3.97. The number of carbonyl (C=O) groups excluding carboxylic acids is 1. The Morgan fingerprint density at radius 1 is 1.19 bits per heavy atom. The van der Waals surface area contributed by atoms with E-state index in [1.165, 1.54) is 25.1 Å². The number of carbonyl (C=O) groups is 1. The van der Waals surface area contributed by atoms with E-state index in [9.17, 15) is 28.2 Å². The fraction of sp³-hybridized carbons (Fsp3) is 0.368. The van der Waals surface area contributed by atoms with Crippen molar-refractivity contribution >= 4 is 5.91 Å². The zero-order valence-corrected chi connectivity index (χ0v) is 15.9. The van der Waals surface area contributed by atoms with Gasteiger partial charge in [0.15, 0.2) is 17.9 Å². The summed E-state index contributed by atoms with van der Waals surface area (Å²) < 4.78 is 49.7. The highest BCUT2D eigenvalue weighted by atomic mass is 19.4. The van der Waals surface area contributed by atoms with E-state index < -0.39 is 54.2 Å². The van der Waals surface area contributed by atoms with Crippen LogP contribution in [-0.2, 0) is 10.9 Å². The van der Waals surface area contributed by atoms with E-state index in [2.05, 4.69) is 27.0 Å². The van der Waals surface area contributed by atoms with E-state index >= 15 is 0 Å². The molecule has 4 N–H and O–H groups in total. The smallest absolute Gasteiger partial charge is 0.433 e. The number of ether oxygens (including phenoxy) is 2. The average molecular weight is 438 g/mol. The van der Waals surface area contributed by atoms with Crippen molar-refractivity contribution in [2.45, 2.75) is 43.6 Å². The number of hydrogen-bond donors (Lipinski definition) is 3. The first kappa shape index (κ1) is 22.4. The normalized spacial score (nSPS) is 25.9. The fourth-order valence-electron chi connectivity index (χ4n) is 2.74. The Labute approximate surface area is 174 Å². The number of hydrogen-bond acceptors (Lipinski definition) is 8. The largest absolute Gasteiger partial charge is 0.468 e. The number of halogens is 3. The fourth-order valence-corrected chi connectivity index (χ4v) is 2.74. The molecule has 0 spiro atoms. The quantitative estimate of drug-likeness (QED) is 0.581. The molecule has 5 atom stereocenters. The SMILES string of the molecule is C[C@H]1O[C@H](C#Cc2ccc(C(N)=O)nn2)[C@H](Oc2cccc(C(F)(F)F)n2)[C@@H](O)[C@H]1O. The molecule has 3 rings (SSSR count). The minimum absolute atomic E-state index is 0.0662. The summed E-state index contributed by atoms with van der Waals surface area (Å²) in [5, 5.41) is 27.8. The first-order valence-electron chi connectivity index (χ1n) is 8.94. The van der Waals surface area contributed by atoms with Gasteiger partial charge in [0, 0.05) is 6.07 Å². The molecule has 0 radical (unpaired) electrons. The Hall–Kier alpha value is -3.27. The lowest BCUT2D eigenvalue weighted by atomic mass is 9.95. The van der Waals surface area contributed by atoms with E-state index in [-0.39, 0.29) is 11.4 Å². The standard InChI is InChI=1S/C19H17F3N4O5/c1-9-15(27)16(28)17(31-14-4-2-3-13(24-14)19(20,21)22)12(30-9)8-6-10-5-7-11(18(23)29)26-25-10/h2-5,7,9,12,15-17,27-28H,1H3,(H2,23,29)/t9-,12-,15+,16+,17+/m1/s1. The molecule has 0 unspecified atom stereocenters. The van der Waals surface area contributed by atoms with Crippen LogP contribution < -0.4 is 10.5 Å². The lowest BCUT2D eigenvalue weighted by Gasteiger charge is -2.39. The summed E-state index contributed by atoms with van der Waals surface area (Å²) in [6, 6.07) is 5.72. The van der Waals surface area contributed by atoms with Crippen LogP contribution in [0, 0.1) is 11.8 Å². The number of alkyl halides is 3. The van der Waals surface area contributed by atoms with Crippen molar-refractivity contribution in [3.8, 4) is 17.7 Å². The molecule has 2 aromatic rings. The maximum Gasteiger partial charge on any atom is 0.433 e. The number of aliphatic hydroxyl groups excluding tert-OH is 2. The van der Waals surface area contributed by atoms with Gasteiger partial charge in [-0.1, -0.05) is 12.0 Å². The van der Waals surface area contributed by atoms with Crippen LogP contribution in [0.2, 0.25) is 0 Å². The van der Waals surface area contributed by atoms with E-state index in [1.807, 2.05) is 0 Å². The molecule has 1 fully saturated rings. The molecule has 164 valence electrons. The van der Waals surface area contributed by atoms with E-state index in [1.54, 1.807) is 0 Å². The molecule has 12 heteroatoms. The summed E-state index contributed by atoms with van der Waals surface area (Å²) in [5.74, 6) is 4.06. The highest BCUT2D eigenvalue weighted by molar-refractivity contribution is 5.90. The minimum Gasteiger partial charge on any atom is -0.468 e.